The number of nitrogens with one attached hydrogen (secondary N) is 1. The number of rotatable bonds is 6. The van der Waals surface area contributed by atoms with Crippen LogP contribution in [0.2, 0.25) is 0 Å². The van der Waals surface area contributed by atoms with Crippen LogP contribution in [0.5, 0.6) is 0 Å². The fraction of sp³-hybridized carbons (Fsp3) is 0.625. The second kappa shape index (κ2) is 7.39. The summed E-state index contributed by atoms with van der Waals surface area (Å²) in [5.41, 5.74) is 1.27. The molecule has 19 heavy (non-hydrogen) atoms. The van der Waals surface area contributed by atoms with E-state index in [9.17, 15) is 4.39 Å². The maximum absolute atomic E-state index is 13.3. The SMILES string of the molecule is CCCNC(CCc1cc(F)ccc1Br)C(C)(C)C. The molecule has 0 aliphatic heterocycles. The molecule has 1 aromatic carbocycles. The first-order valence-corrected chi connectivity index (χ1v) is 7.81. The zero-order valence-corrected chi connectivity index (χ0v) is 14.0. The lowest BCUT2D eigenvalue weighted by molar-refractivity contribution is 0.255. The van der Waals surface area contributed by atoms with Crippen LogP contribution in [0, 0.1) is 11.2 Å². The van der Waals surface area contributed by atoms with Crippen molar-refractivity contribution in [2.45, 2.75) is 53.0 Å². The van der Waals surface area contributed by atoms with E-state index in [2.05, 4.69) is 48.9 Å². The molecule has 0 spiro atoms. The Morgan fingerprint density at radius 1 is 1.32 bits per heavy atom. The lowest BCUT2D eigenvalue weighted by Gasteiger charge is -2.32. The van der Waals surface area contributed by atoms with Gasteiger partial charge in [0.05, 0.1) is 0 Å². The minimum absolute atomic E-state index is 0.160. The highest BCUT2D eigenvalue weighted by atomic mass is 79.9. The Morgan fingerprint density at radius 3 is 2.58 bits per heavy atom. The maximum atomic E-state index is 13.3. The van der Waals surface area contributed by atoms with Gasteiger partial charge in [0.1, 0.15) is 5.82 Å². The van der Waals surface area contributed by atoms with E-state index in [1.165, 1.54) is 6.07 Å². The van der Waals surface area contributed by atoms with Gasteiger partial charge in [0.25, 0.3) is 0 Å². The highest BCUT2D eigenvalue weighted by Crippen LogP contribution is 2.26. The van der Waals surface area contributed by atoms with Crippen LogP contribution in [0.1, 0.15) is 46.1 Å². The second-order valence-corrected chi connectivity index (χ2v) is 7.00. The smallest absolute Gasteiger partial charge is 0.123 e. The molecule has 0 saturated carbocycles. The third-order valence-electron chi connectivity index (χ3n) is 3.40. The van der Waals surface area contributed by atoms with Gasteiger partial charge in [-0.15, -0.1) is 0 Å². The molecule has 1 nitrogen and oxygen atoms in total. The summed E-state index contributed by atoms with van der Waals surface area (Å²) in [7, 11) is 0. The standard InChI is InChI=1S/C16H25BrFN/c1-5-10-19-15(16(2,3)4)9-6-12-11-13(18)7-8-14(12)17/h7-8,11,15,19H,5-6,9-10H2,1-4H3. The molecule has 0 radical (unpaired) electrons. The second-order valence-electron chi connectivity index (χ2n) is 6.15. The fourth-order valence-corrected chi connectivity index (χ4v) is 2.64. The van der Waals surface area contributed by atoms with Gasteiger partial charge in [-0.3, -0.25) is 0 Å². The first-order chi connectivity index (χ1) is 8.84. The molecule has 0 aliphatic carbocycles. The number of halogens is 2. The number of hydrogen-bond donors (Lipinski definition) is 1. The Morgan fingerprint density at radius 2 is 2.00 bits per heavy atom. The summed E-state index contributed by atoms with van der Waals surface area (Å²) in [6.45, 7) is 9.96. The van der Waals surface area contributed by atoms with Crippen LogP contribution >= 0.6 is 15.9 Å². The van der Waals surface area contributed by atoms with E-state index < -0.39 is 0 Å². The lowest BCUT2D eigenvalue weighted by atomic mass is 9.83. The van der Waals surface area contributed by atoms with E-state index in [1.54, 1.807) is 12.1 Å². The van der Waals surface area contributed by atoms with Gasteiger partial charge in [-0.05, 0) is 55.0 Å². The predicted octanol–water partition coefficient (Wildman–Crippen LogP) is 4.94. The Bertz CT molecular complexity index is 398. The van der Waals surface area contributed by atoms with E-state index in [-0.39, 0.29) is 11.2 Å². The monoisotopic (exact) mass is 329 g/mol. The third kappa shape index (κ3) is 5.62. The van der Waals surface area contributed by atoms with E-state index in [4.69, 9.17) is 0 Å². The van der Waals surface area contributed by atoms with Gasteiger partial charge in [-0.2, -0.15) is 0 Å². The highest BCUT2D eigenvalue weighted by Gasteiger charge is 2.23. The Hall–Kier alpha value is -0.410. The van der Waals surface area contributed by atoms with Crippen molar-refractivity contribution >= 4 is 15.9 Å². The summed E-state index contributed by atoms with van der Waals surface area (Å²) in [5.74, 6) is -0.160. The molecular formula is C16H25BrFN. The van der Waals surface area contributed by atoms with E-state index >= 15 is 0 Å². The highest BCUT2D eigenvalue weighted by molar-refractivity contribution is 9.10. The van der Waals surface area contributed by atoms with Crippen molar-refractivity contribution in [2.75, 3.05) is 6.54 Å². The summed E-state index contributed by atoms with van der Waals surface area (Å²) < 4.78 is 14.3. The Labute approximate surface area is 125 Å². The lowest BCUT2D eigenvalue weighted by Crippen LogP contribution is -2.41. The van der Waals surface area contributed by atoms with Crippen molar-refractivity contribution < 1.29 is 4.39 Å². The molecule has 0 aliphatic rings. The first kappa shape index (κ1) is 16.6. The zero-order valence-electron chi connectivity index (χ0n) is 12.4. The Balaban J connectivity index is 2.67. The summed E-state index contributed by atoms with van der Waals surface area (Å²) in [5, 5.41) is 3.60. The zero-order chi connectivity index (χ0) is 14.5. The van der Waals surface area contributed by atoms with Crippen molar-refractivity contribution in [3.63, 3.8) is 0 Å². The van der Waals surface area contributed by atoms with Gasteiger partial charge in [0.2, 0.25) is 0 Å². The normalized spacial score (nSPS) is 13.6. The number of benzene rings is 1. The summed E-state index contributed by atoms with van der Waals surface area (Å²) in [4.78, 5) is 0. The third-order valence-corrected chi connectivity index (χ3v) is 4.17. The topological polar surface area (TPSA) is 12.0 Å². The van der Waals surface area contributed by atoms with Crippen LogP contribution in [-0.2, 0) is 6.42 Å². The molecule has 1 unspecified atom stereocenters. The molecule has 108 valence electrons. The molecule has 1 rings (SSSR count). The van der Waals surface area contributed by atoms with E-state index in [0.29, 0.717) is 6.04 Å². The van der Waals surface area contributed by atoms with Crippen LogP contribution in [0.4, 0.5) is 4.39 Å². The number of hydrogen-bond acceptors (Lipinski definition) is 1. The van der Waals surface area contributed by atoms with Crippen molar-refractivity contribution in [3.05, 3.63) is 34.1 Å². The van der Waals surface area contributed by atoms with Crippen LogP contribution in [0.15, 0.2) is 22.7 Å². The fourth-order valence-electron chi connectivity index (χ4n) is 2.19. The average molecular weight is 330 g/mol. The number of aryl methyl sites for hydroxylation is 1. The molecule has 0 amide bonds. The van der Waals surface area contributed by atoms with Crippen LogP contribution < -0.4 is 5.32 Å². The van der Waals surface area contributed by atoms with Crippen LogP contribution in [-0.4, -0.2) is 12.6 Å². The van der Waals surface area contributed by atoms with Gasteiger partial charge in [0, 0.05) is 10.5 Å². The maximum Gasteiger partial charge on any atom is 0.123 e. The quantitative estimate of drug-likeness (QED) is 0.779. The summed E-state index contributed by atoms with van der Waals surface area (Å²) >= 11 is 3.50. The minimum atomic E-state index is -0.160. The largest absolute Gasteiger partial charge is 0.313 e. The molecule has 1 N–H and O–H groups in total. The van der Waals surface area contributed by atoms with Crippen molar-refractivity contribution in [2.24, 2.45) is 5.41 Å². The van der Waals surface area contributed by atoms with Gasteiger partial charge in [0.15, 0.2) is 0 Å². The van der Waals surface area contributed by atoms with E-state index in [0.717, 1.165) is 35.8 Å². The van der Waals surface area contributed by atoms with Crippen LogP contribution in [0.25, 0.3) is 0 Å². The summed E-state index contributed by atoms with van der Waals surface area (Å²) in [6.07, 6.45) is 3.04. The van der Waals surface area contributed by atoms with Crippen molar-refractivity contribution in [1.82, 2.24) is 5.32 Å². The molecule has 1 atom stereocenters. The summed E-state index contributed by atoms with van der Waals surface area (Å²) in [6, 6.07) is 5.35. The van der Waals surface area contributed by atoms with Gasteiger partial charge in [-0.1, -0.05) is 43.6 Å². The molecule has 0 aromatic heterocycles. The van der Waals surface area contributed by atoms with Crippen molar-refractivity contribution in [3.8, 4) is 0 Å². The first-order valence-electron chi connectivity index (χ1n) is 7.02. The Kier molecular flexibility index (Phi) is 6.48. The minimum Gasteiger partial charge on any atom is -0.313 e. The molecule has 0 heterocycles. The molecule has 0 fully saturated rings. The van der Waals surface area contributed by atoms with Gasteiger partial charge in [-0.25, -0.2) is 4.39 Å². The predicted molar refractivity (Wildman–Crippen MR) is 84.0 cm³/mol. The van der Waals surface area contributed by atoms with Gasteiger partial charge < -0.3 is 5.32 Å². The van der Waals surface area contributed by atoms with Crippen molar-refractivity contribution in [1.29, 1.82) is 0 Å². The molecule has 0 bridgehead atoms. The van der Waals surface area contributed by atoms with E-state index in [1.807, 2.05) is 0 Å². The molecule has 1 aromatic rings. The van der Waals surface area contributed by atoms with Gasteiger partial charge >= 0.3 is 0 Å². The molecule has 3 heteroatoms. The molecular weight excluding hydrogens is 305 g/mol. The molecule has 0 saturated heterocycles. The van der Waals surface area contributed by atoms with Crippen LogP contribution in [0.3, 0.4) is 0 Å². The average Bonchev–Trinajstić information content (AvgIpc) is 2.31.